The van der Waals surface area contributed by atoms with E-state index in [0.717, 1.165) is 53.2 Å². The highest BCUT2D eigenvalue weighted by atomic mass is 79.9. The Morgan fingerprint density at radius 3 is 2.83 bits per heavy atom. The van der Waals surface area contributed by atoms with E-state index in [9.17, 15) is 0 Å². The van der Waals surface area contributed by atoms with Crippen molar-refractivity contribution in [2.45, 2.75) is 13.5 Å². The molecule has 1 saturated heterocycles. The summed E-state index contributed by atoms with van der Waals surface area (Å²) in [6.45, 7) is 6.23. The molecule has 0 aliphatic carbocycles. The fourth-order valence-corrected chi connectivity index (χ4v) is 3.98. The Balaban J connectivity index is 1.49. The average molecular weight is 456 g/mol. The summed E-state index contributed by atoms with van der Waals surface area (Å²) in [4.78, 5) is 16.5. The number of piperazine rings is 1. The van der Waals surface area contributed by atoms with Crippen LogP contribution in [0.4, 0.5) is 11.9 Å². The molecule has 4 aromatic rings. The Labute approximate surface area is 176 Å². The molecule has 1 aliphatic heterocycles. The Bertz CT molecular complexity index is 1190. The summed E-state index contributed by atoms with van der Waals surface area (Å²) in [7, 11) is 2.04. The third-order valence-electron chi connectivity index (χ3n) is 5.25. The minimum Gasteiger partial charge on any atom is -0.347 e. The Morgan fingerprint density at radius 2 is 2.00 bits per heavy atom. The molecule has 4 heterocycles. The molecule has 1 aliphatic rings. The quantitative estimate of drug-likeness (QED) is 0.486. The van der Waals surface area contributed by atoms with Gasteiger partial charge in [0.1, 0.15) is 5.82 Å². The third kappa shape index (κ3) is 3.32. The number of hydrogen-bond donors (Lipinski definition) is 2. The summed E-state index contributed by atoms with van der Waals surface area (Å²) in [5.74, 6) is 2.30. The summed E-state index contributed by atoms with van der Waals surface area (Å²) in [6, 6.07) is 6.32. The van der Waals surface area contributed by atoms with E-state index in [2.05, 4.69) is 66.3 Å². The normalized spacial score (nSPS) is 14.8. The van der Waals surface area contributed by atoms with Crippen molar-refractivity contribution in [1.82, 2.24) is 34.4 Å². The second-order valence-electron chi connectivity index (χ2n) is 7.24. The van der Waals surface area contributed by atoms with Crippen LogP contribution in [-0.2, 0) is 13.6 Å². The lowest BCUT2D eigenvalue weighted by atomic mass is 10.2. The van der Waals surface area contributed by atoms with Crippen LogP contribution in [0.25, 0.3) is 16.7 Å². The Morgan fingerprint density at radius 1 is 1.17 bits per heavy atom. The molecule has 0 saturated carbocycles. The molecule has 2 N–H and O–H groups in total. The predicted molar refractivity (Wildman–Crippen MR) is 116 cm³/mol. The smallest absolute Gasteiger partial charge is 0.230 e. The SMILES string of the molecule is Cc1ccc2c(c1)nc(CNc1nc(N3CCNCC3)nc3c(Br)cnn13)n2C. The molecule has 150 valence electrons. The highest BCUT2D eigenvalue weighted by Crippen LogP contribution is 2.23. The molecule has 29 heavy (non-hydrogen) atoms. The molecule has 10 heteroatoms. The number of benzene rings is 1. The Hall–Kier alpha value is -2.72. The van der Waals surface area contributed by atoms with Crippen molar-refractivity contribution < 1.29 is 0 Å². The molecular weight excluding hydrogens is 434 g/mol. The van der Waals surface area contributed by atoms with Crippen LogP contribution in [0.15, 0.2) is 28.9 Å². The molecule has 0 amide bonds. The zero-order valence-corrected chi connectivity index (χ0v) is 17.9. The van der Waals surface area contributed by atoms with Crippen molar-refractivity contribution in [3.63, 3.8) is 0 Å². The number of imidazole rings is 1. The van der Waals surface area contributed by atoms with Crippen LogP contribution in [0.2, 0.25) is 0 Å². The molecule has 0 spiro atoms. The number of nitrogens with zero attached hydrogens (tertiary/aromatic N) is 7. The van der Waals surface area contributed by atoms with E-state index in [4.69, 9.17) is 15.0 Å². The van der Waals surface area contributed by atoms with Crippen molar-refractivity contribution in [2.75, 3.05) is 36.4 Å². The van der Waals surface area contributed by atoms with Gasteiger partial charge in [0.05, 0.1) is 28.2 Å². The van der Waals surface area contributed by atoms with E-state index in [-0.39, 0.29) is 0 Å². The summed E-state index contributed by atoms with van der Waals surface area (Å²) in [5, 5.41) is 11.2. The molecule has 1 fully saturated rings. The van der Waals surface area contributed by atoms with Crippen molar-refractivity contribution in [1.29, 1.82) is 0 Å². The summed E-state index contributed by atoms with van der Waals surface area (Å²) in [6.07, 6.45) is 1.74. The van der Waals surface area contributed by atoms with Crippen LogP contribution >= 0.6 is 15.9 Å². The molecule has 5 rings (SSSR count). The van der Waals surface area contributed by atoms with E-state index >= 15 is 0 Å². The van der Waals surface area contributed by atoms with Gasteiger partial charge in [-0.2, -0.15) is 19.6 Å². The largest absolute Gasteiger partial charge is 0.347 e. The highest BCUT2D eigenvalue weighted by Gasteiger charge is 2.18. The van der Waals surface area contributed by atoms with Gasteiger partial charge in [0.25, 0.3) is 0 Å². The maximum absolute atomic E-state index is 4.79. The van der Waals surface area contributed by atoms with Crippen LogP contribution in [0.5, 0.6) is 0 Å². The van der Waals surface area contributed by atoms with Gasteiger partial charge in [0, 0.05) is 33.2 Å². The number of nitrogens with one attached hydrogen (secondary N) is 2. The van der Waals surface area contributed by atoms with Crippen molar-refractivity contribution in [2.24, 2.45) is 7.05 Å². The standard InChI is InChI=1S/C19H22BrN9/c1-12-3-4-15-14(9-12)24-16(27(15)2)11-22-18-26-19(28-7-5-21-6-8-28)25-17-13(20)10-23-29(17)18/h3-4,9-10,21H,5-8,11H2,1-2H3,(H,22,25,26). The van der Waals surface area contributed by atoms with E-state index in [1.54, 1.807) is 10.7 Å². The molecule has 9 nitrogen and oxygen atoms in total. The van der Waals surface area contributed by atoms with Crippen molar-refractivity contribution in [3.05, 3.63) is 40.3 Å². The van der Waals surface area contributed by atoms with Crippen LogP contribution in [0.1, 0.15) is 11.4 Å². The van der Waals surface area contributed by atoms with Gasteiger partial charge in [-0.25, -0.2) is 4.98 Å². The van der Waals surface area contributed by atoms with Gasteiger partial charge in [-0.05, 0) is 40.5 Å². The Kier molecular flexibility index (Phi) is 4.59. The molecule has 1 aromatic carbocycles. The first kappa shape index (κ1) is 18.3. The number of rotatable bonds is 4. The molecular formula is C19H22BrN9. The van der Waals surface area contributed by atoms with Gasteiger partial charge in [-0.15, -0.1) is 0 Å². The summed E-state index contributed by atoms with van der Waals surface area (Å²) >= 11 is 3.55. The van der Waals surface area contributed by atoms with Crippen molar-refractivity contribution in [3.8, 4) is 0 Å². The van der Waals surface area contributed by atoms with Crippen LogP contribution in [0.3, 0.4) is 0 Å². The summed E-state index contributed by atoms with van der Waals surface area (Å²) < 4.78 is 4.68. The van der Waals surface area contributed by atoms with E-state index in [1.807, 2.05) is 7.05 Å². The lowest BCUT2D eigenvalue weighted by Crippen LogP contribution is -2.44. The maximum Gasteiger partial charge on any atom is 0.230 e. The monoisotopic (exact) mass is 455 g/mol. The van der Waals surface area contributed by atoms with E-state index in [0.29, 0.717) is 18.4 Å². The molecule has 0 atom stereocenters. The minimum absolute atomic E-state index is 0.537. The van der Waals surface area contributed by atoms with Gasteiger partial charge in [0.15, 0.2) is 5.65 Å². The molecule has 0 bridgehead atoms. The minimum atomic E-state index is 0.537. The van der Waals surface area contributed by atoms with Gasteiger partial charge in [-0.1, -0.05) is 6.07 Å². The number of anilines is 2. The number of aryl methyl sites for hydroxylation is 2. The second-order valence-corrected chi connectivity index (χ2v) is 8.10. The zero-order valence-electron chi connectivity index (χ0n) is 16.4. The second kappa shape index (κ2) is 7.27. The van der Waals surface area contributed by atoms with Gasteiger partial charge >= 0.3 is 0 Å². The van der Waals surface area contributed by atoms with Gasteiger partial charge < -0.3 is 20.1 Å². The number of halogens is 1. The van der Waals surface area contributed by atoms with E-state index < -0.39 is 0 Å². The third-order valence-corrected chi connectivity index (χ3v) is 5.81. The summed E-state index contributed by atoms with van der Waals surface area (Å²) in [5.41, 5.74) is 4.07. The molecule has 0 radical (unpaired) electrons. The highest BCUT2D eigenvalue weighted by molar-refractivity contribution is 9.10. The first-order chi connectivity index (χ1) is 14.1. The molecule has 3 aromatic heterocycles. The van der Waals surface area contributed by atoms with E-state index in [1.165, 1.54) is 5.56 Å². The van der Waals surface area contributed by atoms with Crippen LogP contribution in [-0.4, -0.2) is 55.3 Å². The predicted octanol–water partition coefficient (Wildman–Crippen LogP) is 2.10. The maximum atomic E-state index is 4.79. The first-order valence-corrected chi connectivity index (χ1v) is 10.4. The fraction of sp³-hybridized carbons (Fsp3) is 0.368. The van der Waals surface area contributed by atoms with Crippen LogP contribution < -0.4 is 15.5 Å². The van der Waals surface area contributed by atoms with Crippen LogP contribution in [0, 0.1) is 6.92 Å². The lowest BCUT2D eigenvalue weighted by Gasteiger charge is -2.27. The van der Waals surface area contributed by atoms with Gasteiger partial charge in [0.2, 0.25) is 11.9 Å². The first-order valence-electron chi connectivity index (χ1n) is 9.63. The van der Waals surface area contributed by atoms with Crippen molar-refractivity contribution >= 4 is 44.5 Å². The lowest BCUT2D eigenvalue weighted by molar-refractivity contribution is 0.579. The van der Waals surface area contributed by atoms with Gasteiger partial charge in [-0.3, -0.25) is 0 Å². The number of hydrogen-bond acceptors (Lipinski definition) is 7. The number of fused-ring (bicyclic) bond motifs is 2. The average Bonchev–Trinajstić information content (AvgIpc) is 3.26. The zero-order chi connectivity index (χ0) is 20.0. The fourth-order valence-electron chi connectivity index (χ4n) is 3.64. The molecule has 0 unspecified atom stereocenters. The number of aromatic nitrogens is 6. The topological polar surface area (TPSA) is 88.2 Å².